The second-order valence-electron chi connectivity index (χ2n) is 3.61. The predicted molar refractivity (Wildman–Crippen MR) is 59.5 cm³/mol. The van der Waals surface area contributed by atoms with Gasteiger partial charge in [-0.2, -0.15) is 8.78 Å². The average Bonchev–Trinajstić information content (AvgIpc) is 2.66. The van der Waals surface area contributed by atoms with Crippen molar-refractivity contribution in [2.75, 3.05) is 0 Å². The molecule has 18 heavy (non-hydrogen) atoms. The first-order chi connectivity index (χ1) is 8.32. The molecule has 1 heterocycles. The number of oxazole rings is 1. The van der Waals surface area contributed by atoms with Crippen molar-refractivity contribution in [1.82, 2.24) is 4.98 Å². The number of aromatic amines is 1. The smallest absolute Gasteiger partial charge is 0.408 e. The number of halogens is 5. The van der Waals surface area contributed by atoms with Crippen LogP contribution < -0.4 is 5.76 Å². The SMILES string of the molecule is O=c1[nH]c2ccc(C(Br)C(F)(F)C(F)F)cc2o1. The summed E-state index contributed by atoms with van der Waals surface area (Å²) in [6, 6.07) is 3.64. The average molecular weight is 328 g/mol. The van der Waals surface area contributed by atoms with Crippen molar-refractivity contribution in [2.24, 2.45) is 0 Å². The lowest BCUT2D eigenvalue weighted by Crippen LogP contribution is -2.31. The number of alkyl halides is 5. The molecule has 3 nitrogen and oxygen atoms in total. The monoisotopic (exact) mass is 327 g/mol. The number of benzene rings is 1. The Morgan fingerprint density at radius 2 is 2.00 bits per heavy atom. The fraction of sp³-hybridized carbons (Fsp3) is 0.300. The molecule has 2 rings (SSSR count). The third-order valence-electron chi connectivity index (χ3n) is 2.37. The van der Waals surface area contributed by atoms with Gasteiger partial charge in [0, 0.05) is 0 Å². The molecule has 1 aromatic carbocycles. The molecule has 0 saturated carbocycles. The molecule has 2 aromatic rings. The first-order valence-electron chi connectivity index (χ1n) is 4.75. The lowest BCUT2D eigenvalue weighted by atomic mass is 10.1. The molecule has 1 aromatic heterocycles. The van der Waals surface area contributed by atoms with E-state index >= 15 is 0 Å². The van der Waals surface area contributed by atoms with Crippen LogP contribution in [0.3, 0.4) is 0 Å². The van der Waals surface area contributed by atoms with Crippen LogP contribution in [0.5, 0.6) is 0 Å². The topological polar surface area (TPSA) is 46.0 Å². The summed E-state index contributed by atoms with van der Waals surface area (Å²) in [5.74, 6) is -4.96. The van der Waals surface area contributed by atoms with Gasteiger partial charge in [-0.25, -0.2) is 13.6 Å². The summed E-state index contributed by atoms with van der Waals surface area (Å²) >= 11 is 2.54. The van der Waals surface area contributed by atoms with E-state index in [1.165, 1.54) is 12.1 Å². The summed E-state index contributed by atoms with van der Waals surface area (Å²) in [5.41, 5.74) is 0.242. The van der Waals surface area contributed by atoms with Crippen LogP contribution in [0.1, 0.15) is 10.4 Å². The Labute approximate surface area is 106 Å². The van der Waals surface area contributed by atoms with Crippen molar-refractivity contribution in [3.05, 3.63) is 34.3 Å². The molecule has 0 bridgehead atoms. The second kappa shape index (κ2) is 4.42. The number of nitrogens with one attached hydrogen (secondary N) is 1. The Balaban J connectivity index is 2.44. The summed E-state index contributed by atoms with van der Waals surface area (Å²) < 4.78 is 55.3. The Morgan fingerprint density at radius 1 is 1.33 bits per heavy atom. The van der Waals surface area contributed by atoms with Gasteiger partial charge in [-0.05, 0) is 17.7 Å². The van der Waals surface area contributed by atoms with E-state index in [1.54, 1.807) is 0 Å². The zero-order chi connectivity index (χ0) is 13.5. The maximum Gasteiger partial charge on any atom is 0.417 e. The van der Waals surface area contributed by atoms with Gasteiger partial charge in [0.25, 0.3) is 0 Å². The van der Waals surface area contributed by atoms with Gasteiger partial charge < -0.3 is 4.42 Å². The number of aromatic nitrogens is 1. The van der Waals surface area contributed by atoms with Gasteiger partial charge in [-0.15, -0.1) is 0 Å². The highest BCUT2D eigenvalue weighted by molar-refractivity contribution is 9.09. The number of fused-ring (bicyclic) bond motifs is 1. The van der Waals surface area contributed by atoms with Crippen LogP contribution in [-0.4, -0.2) is 17.3 Å². The molecule has 1 N–H and O–H groups in total. The number of hydrogen-bond acceptors (Lipinski definition) is 2. The Morgan fingerprint density at radius 3 is 2.61 bits per heavy atom. The van der Waals surface area contributed by atoms with E-state index in [0.717, 1.165) is 6.07 Å². The van der Waals surface area contributed by atoms with E-state index in [1.807, 2.05) is 0 Å². The predicted octanol–water partition coefficient (Wildman–Crippen LogP) is 3.46. The van der Waals surface area contributed by atoms with Gasteiger partial charge in [-0.1, -0.05) is 22.0 Å². The molecule has 1 atom stereocenters. The van der Waals surface area contributed by atoms with Gasteiger partial charge in [0.05, 0.1) is 5.52 Å². The highest BCUT2D eigenvalue weighted by Crippen LogP contribution is 2.42. The summed E-state index contributed by atoms with van der Waals surface area (Å²) in [5, 5.41) is 0. The van der Waals surface area contributed by atoms with Gasteiger partial charge in [0.1, 0.15) is 4.83 Å². The first-order valence-corrected chi connectivity index (χ1v) is 5.66. The number of rotatable bonds is 3. The van der Waals surface area contributed by atoms with Crippen molar-refractivity contribution in [2.45, 2.75) is 17.2 Å². The highest BCUT2D eigenvalue weighted by atomic mass is 79.9. The van der Waals surface area contributed by atoms with E-state index in [9.17, 15) is 22.4 Å². The molecule has 0 fully saturated rings. The fourth-order valence-corrected chi connectivity index (χ4v) is 1.94. The summed E-state index contributed by atoms with van der Waals surface area (Å²) in [4.78, 5) is 11.3. The minimum Gasteiger partial charge on any atom is -0.408 e. The molecule has 0 aliphatic rings. The van der Waals surface area contributed by atoms with Crippen LogP contribution in [-0.2, 0) is 0 Å². The van der Waals surface area contributed by atoms with Crippen LogP contribution in [0.2, 0.25) is 0 Å². The van der Waals surface area contributed by atoms with E-state index in [0.29, 0.717) is 5.52 Å². The van der Waals surface area contributed by atoms with Crippen molar-refractivity contribution >= 4 is 27.0 Å². The third kappa shape index (κ3) is 2.16. The van der Waals surface area contributed by atoms with Crippen LogP contribution in [0.4, 0.5) is 17.6 Å². The molecule has 0 spiro atoms. The summed E-state index contributed by atoms with van der Waals surface area (Å²) in [6.45, 7) is 0. The van der Waals surface area contributed by atoms with Crippen molar-refractivity contribution in [3.63, 3.8) is 0 Å². The lowest BCUT2D eigenvalue weighted by Gasteiger charge is -2.21. The highest BCUT2D eigenvalue weighted by Gasteiger charge is 2.48. The summed E-state index contributed by atoms with van der Waals surface area (Å²) in [6.07, 6.45) is -3.80. The molecule has 0 amide bonds. The van der Waals surface area contributed by atoms with Gasteiger partial charge >= 0.3 is 18.1 Å². The first kappa shape index (κ1) is 13.1. The van der Waals surface area contributed by atoms with Crippen LogP contribution in [0.15, 0.2) is 27.4 Å². The van der Waals surface area contributed by atoms with Gasteiger partial charge in [0.2, 0.25) is 0 Å². The maximum absolute atomic E-state index is 13.1. The Kier molecular flexibility index (Phi) is 3.22. The van der Waals surface area contributed by atoms with Crippen LogP contribution in [0.25, 0.3) is 11.1 Å². The van der Waals surface area contributed by atoms with E-state index in [2.05, 4.69) is 25.3 Å². The molecule has 0 aliphatic heterocycles. The van der Waals surface area contributed by atoms with Crippen molar-refractivity contribution in [3.8, 4) is 0 Å². The van der Waals surface area contributed by atoms with E-state index in [-0.39, 0.29) is 11.1 Å². The molecular formula is C10H6BrF4NO2. The minimum absolute atomic E-state index is 0.0343. The standard InChI is InChI=1S/C10H6BrF4NO2/c11-7(10(14,15)8(12)13)4-1-2-5-6(3-4)18-9(17)16-5/h1-3,7-8H,(H,16,17). The van der Waals surface area contributed by atoms with Crippen molar-refractivity contribution in [1.29, 1.82) is 0 Å². The van der Waals surface area contributed by atoms with Crippen LogP contribution in [0, 0.1) is 0 Å². The van der Waals surface area contributed by atoms with Crippen LogP contribution >= 0.6 is 15.9 Å². The largest absolute Gasteiger partial charge is 0.417 e. The Hall–Kier alpha value is -1.31. The molecule has 0 radical (unpaired) electrons. The molecular weight excluding hydrogens is 322 g/mol. The van der Waals surface area contributed by atoms with Gasteiger partial charge in [-0.3, -0.25) is 4.98 Å². The fourth-order valence-electron chi connectivity index (χ4n) is 1.45. The van der Waals surface area contributed by atoms with Gasteiger partial charge in [0.15, 0.2) is 5.58 Å². The molecule has 8 heteroatoms. The second-order valence-corrected chi connectivity index (χ2v) is 4.52. The van der Waals surface area contributed by atoms with E-state index < -0.39 is 22.9 Å². The maximum atomic E-state index is 13.1. The third-order valence-corrected chi connectivity index (χ3v) is 3.51. The Bertz CT molecular complexity index is 622. The molecule has 0 aliphatic carbocycles. The quantitative estimate of drug-likeness (QED) is 0.693. The molecule has 1 unspecified atom stereocenters. The zero-order valence-electron chi connectivity index (χ0n) is 8.59. The number of H-pyrrole nitrogens is 1. The number of hydrogen-bond donors (Lipinski definition) is 1. The molecule has 0 saturated heterocycles. The van der Waals surface area contributed by atoms with E-state index in [4.69, 9.17) is 0 Å². The molecule has 98 valence electrons. The van der Waals surface area contributed by atoms with Crippen molar-refractivity contribution < 1.29 is 22.0 Å². The zero-order valence-corrected chi connectivity index (χ0v) is 10.2. The lowest BCUT2D eigenvalue weighted by molar-refractivity contribution is -0.127. The summed E-state index contributed by atoms with van der Waals surface area (Å²) in [7, 11) is 0. The minimum atomic E-state index is -4.22. The normalized spacial score (nSPS) is 14.3.